The summed E-state index contributed by atoms with van der Waals surface area (Å²) >= 11 is 0. The van der Waals surface area contributed by atoms with Crippen LogP contribution < -0.4 is 5.73 Å². The second-order valence-corrected chi connectivity index (χ2v) is 3.85. The Morgan fingerprint density at radius 2 is 2.12 bits per heavy atom. The maximum atomic E-state index is 5.61. The fourth-order valence-electron chi connectivity index (χ4n) is 1.79. The summed E-state index contributed by atoms with van der Waals surface area (Å²) in [7, 11) is 0. The number of hydrogen-bond acceptors (Lipinski definition) is 3. The van der Waals surface area contributed by atoms with Gasteiger partial charge in [0.2, 0.25) is 0 Å². The molecule has 0 amide bonds. The topological polar surface area (TPSA) is 56.2 Å². The molecule has 3 heterocycles. The summed E-state index contributed by atoms with van der Waals surface area (Å²) in [4.78, 5) is 8.82. The number of rotatable bonds is 2. The van der Waals surface area contributed by atoms with Gasteiger partial charge in [0, 0.05) is 25.1 Å². The number of nitrogens with zero attached hydrogens (tertiary/aromatic N) is 3. The average molecular weight is 224 g/mol. The number of aromatic nitrogens is 3. The van der Waals surface area contributed by atoms with Gasteiger partial charge in [-0.15, -0.1) is 0 Å². The molecule has 0 atom stereocenters. The first-order valence-corrected chi connectivity index (χ1v) is 5.46. The highest BCUT2D eigenvalue weighted by atomic mass is 15.0. The average Bonchev–Trinajstić information content (AvgIpc) is 2.82. The van der Waals surface area contributed by atoms with Crippen LogP contribution in [0.15, 0.2) is 48.9 Å². The minimum absolute atomic E-state index is 0.530. The maximum absolute atomic E-state index is 5.61. The van der Waals surface area contributed by atoms with E-state index >= 15 is 0 Å². The molecule has 0 aliphatic heterocycles. The van der Waals surface area contributed by atoms with E-state index < -0.39 is 0 Å². The highest BCUT2D eigenvalue weighted by Crippen LogP contribution is 2.16. The first-order valence-electron chi connectivity index (χ1n) is 5.46. The number of nitrogens with two attached hydrogens (primary N) is 1. The predicted octanol–water partition coefficient (Wildman–Crippen LogP) is 1.85. The summed E-state index contributed by atoms with van der Waals surface area (Å²) in [5.74, 6) is 0. The lowest BCUT2D eigenvalue weighted by Crippen LogP contribution is -1.96. The molecule has 0 aromatic carbocycles. The first-order chi connectivity index (χ1) is 8.36. The van der Waals surface area contributed by atoms with Crippen LogP contribution in [0.25, 0.3) is 17.0 Å². The van der Waals surface area contributed by atoms with Gasteiger partial charge in [0.05, 0.1) is 5.69 Å². The van der Waals surface area contributed by atoms with Crippen molar-refractivity contribution >= 4 is 5.65 Å². The van der Waals surface area contributed by atoms with Crippen molar-refractivity contribution in [3.8, 4) is 11.4 Å². The van der Waals surface area contributed by atoms with E-state index in [1.807, 2.05) is 47.1 Å². The Morgan fingerprint density at radius 3 is 2.88 bits per heavy atom. The largest absolute Gasteiger partial charge is 0.326 e. The number of pyridine rings is 2. The molecule has 3 aromatic heterocycles. The fraction of sp³-hybridized carbons (Fsp3) is 0.0769. The van der Waals surface area contributed by atoms with Gasteiger partial charge in [-0.2, -0.15) is 0 Å². The Balaban J connectivity index is 2.14. The molecule has 17 heavy (non-hydrogen) atoms. The van der Waals surface area contributed by atoms with Gasteiger partial charge in [-0.25, -0.2) is 4.98 Å². The predicted molar refractivity (Wildman–Crippen MR) is 66.3 cm³/mol. The second-order valence-electron chi connectivity index (χ2n) is 3.85. The zero-order valence-corrected chi connectivity index (χ0v) is 9.24. The standard InChI is InChI=1S/C13H12N4/c14-8-10-4-6-17-9-12(16-13(17)7-10)11-3-1-2-5-15-11/h1-7,9H,8,14H2. The van der Waals surface area contributed by atoms with E-state index in [-0.39, 0.29) is 0 Å². The second kappa shape index (κ2) is 3.99. The summed E-state index contributed by atoms with van der Waals surface area (Å²) in [5.41, 5.74) is 9.34. The summed E-state index contributed by atoms with van der Waals surface area (Å²) in [6, 6.07) is 9.79. The highest BCUT2D eigenvalue weighted by molar-refractivity contribution is 5.59. The lowest BCUT2D eigenvalue weighted by molar-refractivity contribution is 1.05. The molecule has 84 valence electrons. The minimum atomic E-state index is 0.530. The molecule has 0 saturated heterocycles. The van der Waals surface area contributed by atoms with Crippen LogP contribution in [0.2, 0.25) is 0 Å². The van der Waals surface area contributed by atoms with Crippen molar-refractivity contribution < 1.29 is 0 Å². The van der Waals surface area contributed by atoms with E-state index in [1.54, 1.807) is 6.20 Å². The number of imidazole rings is 1. The van der Waals surface area contributed by atoms with Crippen LogP contribution in [0.4, 0.5) is 0 Å². The van der Waals surface area contributed by atoms with Gasteiger partial charge in [0.25, 0.3) is 0 Å². The van der Waals surface area contributed by atoms with Gasteiger partial charge in [0.15, 0.2) is 0 Å². The fourth-order valence-corrected chi connectivity index (χ4v) is 1.79. The number of fused-ring (bicyclic) bond motifs is 1. The zero-order valence-electron chi connectivity index (χ0n) is 9.24. The third-order valence-corrected chi connectivity index (χ3v) is 2.69. The van der Waals surface area contributed by atoms with Crippen LogP contribution >= 0.6 is 0 Å². The molecule has 0 radical (unpaired) electrons. The van der Waals surface area contributed by atoms with Crippen LogP contribution in [0.3, 0.4) is 0 Å². The van der Waals surface area contributed by atoms with E-state index in [2.05, 4.69) is 9.97 Å². The van der Waals surface area contributed by atoms with E-state index in [4.69, 9.17) is 5.73 Å². The van der Waals surface area contributed by atoms with E-state index in [0.29, 0.717) is 6.54 Å². The lowest BCUT2D eigenvalue weighted by Gasteiger charge is -1.96. The molecule has 0 spiro atoms. The summed E-state index contributed by atoms with van der Waals surface area (Å²) in [5, 5.41) is 0. The van der Waals surface area contributed by atoms with Gasteiger partial charge < -0.3 is 10.1 Å². The van der Waals surface area contributed by atoms with Crippen molar-refractivity contribution in [2.24, 2.45) is 5.73 Å². The van der Waals surface area contributed by atoms with Crippen LogP contribution in [-0.4, -0.2) is 14.4 Å². The van der Waals surface area contributed by atoms with Gasteiger partial charge in [0.1, 0.15) is 11.3 Å². The third-order valence-electron chi connectivity index (χ3n) is 2.69. The van der Waals surface area contributed by atoms with Crippen molar-refractivity contribution in [1.82, 2.24) is 14.4 Å². The van der Waals surface area contributed by atoms with Crippen molar-refractivity contribution in [2.45, 2.75) is 6.54 Å². The molecule has 0 aliphatic rings. The smallest absolute Gasteiger partial charge is 0.137 e. The third kappa shape index (κ3) is 1.79. The van der Waals surface area contributed by atoms with E-state index in [9.17, 15) is 0 Å². The van der Waals surface area contributed by atoms with E-state index in [0.717, 1.165) is 22.6 Å². The Bertz CT molecular complexity index is 643. The highest BCUT2D eigenvalue weighted by Gasteiger charge is 2.04. The first kappa shape index (κ1) is 9.99. The molecule has 2 N–H and O–H groups in total. The van der Waals surface area contributed by atoms with Gasteiger partial charge >= 0.3 is 0 Å². The summed E-state index contributed by atoms with van der Waals surface area (Å²) < 4.78 is 1.98. The molecule has 0 aliphatic carbocycles. The molecule has 0 unspecified atom stereocenters. The monoisotopic (exact) mass is 224 g/mol. The SMILES string of the molecule is NCc1ccn2cc(-c3ccccn3)nc2c1. The molecule has 3 rings (SSSR count). The van der Waals surface area contributed by atoms with Gasteiger partial charge in [-0.3, -0.25) is 4.98 Å². The Kier molecular flexibility index (Phi) is 2.34. The minimum Gasteiger partial charge on any atom is -0.326 e. The molecule has 0 bridgehead atoms. The van der Waals surface area contributed by atoms with Crippen molar-refractivity contribution in [2.75, 3.05) is 0 Å². The van der Waals surface area contributed by atoms with Crippen LogP contribution in [-0.2, 0) is 6.54 Å². The van der Waals surface area contributed by atoms with Crippen molar-refractivity contribution in [3.05, 3.63) is 54.5 Å². The molecule has 3 aromatic rings. The van der Waals surface area contributed by atoms with Crippen LogP contribution in [0.1, 0.15) is 5.56 Å². The van der Waals surface area contributed by atoms with Crippen LogP contribution in [0, 0.1) is 0 Å². The molecular weight excluding hydrogens is 212 g/mol. The van der Waals surface area contributed by atoms with Gasteiger partial charge in [-0.1, -0.05) is 6.07 Å². The maximum Gasteiger partial charge on any atom is 0.137 e. The normalized spacial score (nSPS) is 10.9. The molecule has 4 nitrogen and oxygen atoms in total. The molecule has 0 saturated carbocycles. The quantitative estimate of drug-likeness (QED) is 0.722. The van der Waals surface area contributed by atoms with Crippen molar-refractivity contribution in [3.63, 3.8) is 0 Å². The Morgan fingerprint density at radius 1 is 1.18 bits per heavy atom. The lowest BCUT2D eigenvalue weighted by atomic mass is 10.3. The van der Waals surface area contributed by atoms with Crippen LogP contribution in [0.5, 0.6) is 0 Å². The van der Waals surface area contributed by atoms with Crippen molar-refractivity contribution in [1.29, 1.82) is 0 Å². The molecular formula is C13H12N4. The summed E-state index contributed by atoms with van der Waals surface area (Å²) in [6.45, 7) is 0.530. The molecule has 0 fully saturated rings. The van der Waals surface area contributed by atoms with Gasteiger partial charge in [-0.05, 0) is 29.8 Å². The number of hydrogen-bond donors (Lipinski definition) is 1. The zero-order chi connectivity index (χ0) is 11.7. The Hall–Kier alpha value is -2.20. The van der Waals surface area contributed by atoms with E-state index in [1.165, 1.54) is 0 Å². The summed E-state index contributed by atoms with van der Waals surface area (Å²) in [6.07, 6.45) is 5.71. The molecule has 4 heteroatoms. The Labute approximate surface area is 98.8 Å².